The maximum absolute atomic E-state index is 10.5. The number of piperidine rings is 1. The molecule has 1 fully saturated rings. The van der Waals surface area contributed by atoms with Crippen LogP contribution < -0.4 is 9.64 Å². The summed E-state index contributed by atoms with van der Waals surface area (Å²) in [5, 5.41) is 8.68. The number of aryl methyl sites for hydroxylation is 1. The second kappa shape index (κ2) is 9.27. The first-order valence-corrected chi connectivity index (χ1v) is 9.48. The maximum Gasteiger partial charge on any atom is 0.303 e. The predicted octanol–water partition coefficient (Wildman–Crippen LogP) is 4.53. The lowest BCUT2D eigenvalue weighted by atomic mass is 10.0. The Bertz CT molecular complexity index is 676. The molecule has 2 aromatic rings. The summed E-state index contributed by atoms with van der Waals surface area (Å²) >= 11 is 0. The quantitative estimate of drug-likeness (QED) is 0.708. The number of aliphatic carboxylic acids is 1. The van der Waals surface area contributed by atoms with E-state index in [1.165, 1.54) is 11.3 Å². The molecule has 138 valence electrons. The third kappa shape index (κ3) is 5.51. The van der Waals surface area contributed by atoms with Crippen LogP contribution in [0.4, 0.5) is 5.69 Å². The van der Waals surface area contributed by atoms with E-state index < -0.39 is 5.97 Å². The van der Waals surface area contributed by atoms with Gasteiger partial charge >= 0.3 is 5.97 Å². The molecule has 0 aliphatic carbocycles. The molecule has 0 saturated carbocycles. The number of anilines is 1. The first kappa shape index (κ1) is 18.3. The Morgan fingerprint density at radius 2 is 1.69 bits per heavy atom. The maximum atomic E-state index is 10.5. The first-order valence-electron chi connectivity index (χ1n) is 9.48. The van der Waals surface area contributed by atoms with Crippen LogP contribution in [0.1, 0.15) is 37.7 Å². The Balaban J connectivity index is 1.43. The number of para-hydroxylation sites is 1. The minimum absolute atomic E-state index is 0.262. The standard InChI is InChI=1S/C22H27NO3/c24-22(25)9-5-4-6-18-10-12-19(13-11-18)23-16-14-21(15-17-23)26-20-7-2-1-3-8-20/h1-3,7-8,10-13,21H,4-6,9,14-17H2,(H,24,25). The molecule has 1 aliphatic rings. The van der Waals surface area contributed by atoms with Gasteiger partial charge in [0.1, 0.15) is 11.9 Å². The fraction of sp³-hybridized carbons (Fsp3) is 0.409. The molecular formula is C22H27NO3. The Morgan fingerprint density at radius 3 is 2.35 bits per heavy atom. The van der Waals surface area contributed by atoms with E-state index in [0.717, 1.165) is 50.9 Å². The molecule has 0 bridgehead atoms. The van der Waals surface area contributed by atoms with Crippen LogP contribution in [-0.4, -0.2) is 30.3 Å². The number of hydrogen-bond donors (Lipinski definition) is 1. The number of ether oxygens (including phenoxy) is 1. The molecule has 0 amide bonds. The Kier molecular flexibility index (Phi) is 6.53. The van der Waals surface area contributed by atoms with Gasteiger partial charge < -0.3 is 14.7 Å². The van der Waals surface area contributed by atoms with Gasteiger partial charge in [0, 0.05) is 38.0 Å². The van der Waals surface area contributed by atoms with E-state index in [4.69, 9.17) is 9.84 Å². The van der Waals surface area contributed by atoms with Gasteiger partial charge in [0.2, 0.25) is 0 Å². The molecule has 0 aromatic heterocycles. The topological polar surface area (TPSA) is 49.8 Å². The lowest BCUT2D eigenvalue weighted by molar-refractivity contribution is -0.137. The molecule has 0 radical (unpaired) electrons. The molecule has 26 heavy (non-hydrogen) atoms. The van der Waals surface area contributed by atoms with Crippen molar-refractivity contribution >= 4 is 11.7 Å². The normalized spacial score (nSPS) is 15.0. The summed E-state index contributed by atoms with van der Waals surface area (Å²) < 4.78 is 6.06. The van der Waals surface area contributed by atoms with Crippen molar-refractivity contribution in [2.24, 2.45) is 0 Å². The molecule has 0 atom stereocenters. The fourth-order valence-electron chi connectivity index (χ4n) is 3.40. The highest BCUT2D eigenvalue weighted by atomic mass is 16.5. The van der Waals surface area contributed by atoms with Gasteiger partial charge in [-0.05, 0) is 49.1 Å². The Hall–Kier alpha value is -2.49. The molecule has 1 N–H and O–H groups in total. The third-order valence-corrected chi connectivity index (χ3v) is 4.90. The molecule has 1 saturated heterocycles. The zero-order valence-corrected chi connectivity index (χ0v) is 15.1. The van der Waals surface area contributed by atoms with Crippen molar-refractivity contribution in [2.75, 3.05) is 18.0 Å². The summed E-state index contributed by atoms with van der Waals surface area (Å²) in [4.78, 5) is 13.0. The van der Waals surface area contributed by atoms with Crippen LogP contribution in [0.3, 0.4) is 0 Å². The molecule has 0 spiro atoms. The number of carboxylic acid groups (broad SMARTS) is 1. The van der Waals surface area contributed by atoms with Crippen LogP contribution in [0.15, 0.2) is 54.6 Å². The number of carboxylic acids is 1. The lowest BCUT2D eigenvalue weighted by Gasteiger charge is -2.33. The number of hydrogen-bond acceptors (Lipinski definition) is 3. The molecule has 4 nitrogen and oxygen atoms in total. The van der Waals surface area contributed by atoms with Crippen molar-refractivity contribution < 1.29 is 14.6 Å². The molecular weight excluding hydrogens is 326 g/mol. The van der Waals surface area contributed by atoms with E-state index >= 15 is 0 Å². The summed E-state index contributed by atoms with van der Waals surface area (Å²) in [5.74, 6) is 0.248. The zero-order valence-electron chi connectivity index (χ0n) is 15.1. The van der Waals surface area contributed by atoms with Gasteiger partial charge in [0.25, 0.3) is 0 Å². The molecule has 2 aromatic carbocycles. The van der Waals surface area contributed by atoms with Crippen LogP contribution in [0.2, 0.25) is 0 Å². The van der Waals surface area contributed by atoms with E-state index in [9.17, 15) is 4.79 Å². The summed E-state index contributed by atoms with van der Waals surface area (Å²) in [7, 11) is 0. The van der Waals surface area contributed by atoms with Crippen LogP contribution >= 0.6 is 0 Å². The smallest absolute Gasteiger partial charge is 0.303 e. The summed E-state index contributed by atoms with van der Waals surface area (Å²) in [6, 6.07) is 18.8. The van der Waals surface area contributed by atoms with Crippen molar-refractivity contribution in [3.63, 3.8) is 0 Å². The Labute approximate surface area is 155 Å². The number of rotatable bonds is 8. The highest BCUT2D eigenvalue weighted by molar-refractivity contribution is 5.66. The van der Waals surface area contributed by atoms with Crippen LogP contribution in [0.25, 0.3) is 0 Å². The molecule has 1 aliphatic heterocycles. The minimum Gasteiger partial charge on any atom is -0.490 e. The molecule has 4 heteroatoms. The molecule has 1 heterocycles. The van der Waals surface area contributed by atoms with Crippen molar-refractivity contribution in [3.8, 4) is 5.75 Å². The second-order valence-corrected chi connectivity index (χ2v) is 6.88. The van der Waals surface area contributed by atoms with Crippen molar-refractivity contribution in [2.45, 2.75) is 44.6 Å². The van der Waals surface area contributed by atoms with Gasteiger partial charge in [-0.25, -0.2) is 0 Å². The molecule has 0 unspecified atom stereocenters. The zero-order chi connectivity index (χ0) is 18.2. The lowest BCUT2D eigenvalue weighted by Crippen LogP contribution is -2.38. The fourth-order valence-corrected chi connectivity index (χ4v) is 3.40. The number of benzene rings is 2. The van der Waals surface area contributed by atoms with E-state index in [0.29, 0.717) is 6.10 Å². The minimum atomic E-state index is -0.708. The SMILES string of the molecule is O=C(O)CCCCc1ccc(N2CCC(Oc3ccccc3)CC2)cc1. The van der Waals surface area contributed by atoms with Gasteiger partial charge in [0.15, 0.2) is 0 Å². The average Bonchev–Trinajstić information content (AvgIpc) is 2.67. The van der Waals surface area contributed by atoms with Gasteiger partial charge in [-0.1, -0.05) is 30.3 Å². The first-order chi connectivity index (χ1) is 12.7. The van der Waals surface area contributed by atoms with E-state index in [-0.39, 0.29) is 6.42 Å². The predicted molar refractivity (Wildman–Crippen MR) is 104 cm³/mol. The average molecular weight is 353 g/mol. The van der Waals surface area contributed by atoms with Gasteiger partial charge in [0.05, 0.1) is 0 Å². The third-order valence-electron chi connectivity index (χ3n) is 4.90. The van der Waals surface area contributed by atoms with Crippen LogP contribution in [0, 0.1) is 0 Å². The summed E-state index contributed by atoms with van der Waals surface area (Å²) in [6.07, 6.45) is 5.23. The highest BCUT2D eigenvalue weighted by Crippen LogP contribution is 2.24. The molecule has 3 rings (SSSR count). The Morgan fingerprint density at radius 1 is 1.00 bits per heavy atom. The summed E-state index contributed by atoms with van der Waals surface area (Å²) in [5.41, 5.74) is 2.54. The van der Waals surface area contributed by atoms with Crippen molar-refractivity contribution in [1.82, 2.24) is 0 Å². The van der Waals surface area contributed by atoms with Crippen LogP contribution in [-0.2, 0) is 11.2 Å². The van der Waals surface area contributed by atoms with Gasteiger partial charge in [-0.15, -0.1) is 0 Å². The van der Waals surface area contributed by atoms with Gasteiger partial charge in [-0.3, -0.25) is 4.79 Å². The summed E-state index contributed by atoms with van der Waals surface area (Å²) in [6.45, 7) is 2.02. The number of nitrogens with zero attached hydrogens (tertiary/aromatic N) is 1. The monoisotopic (exact) mass is 353 g/mol. The highest BCUT2D eigenvalue weighted by Gasteiger charge is 2.20. The van der Waals surface area contributed by atoms with Gasteiger partial charge in [-0.2, -0.15) is 0 Å². The second-order valence-electron chi connectivity index (χ2n) is 6.88. The number of unbranched alkanes of at least 4 members (excludes halogenated alkanes) is 1. The van der Waals surface area contributed by atoms with E-state index in [1.54, 1.807) is 0 Å². The van der Waals surface area contributed by atoms with Crippen LogP contribution in [0.5, 0.6) is 5.75 Å². The van der Waals surface area contributed by atoms with Crippen molar-refractivity contribution in [1.29, 1.82) is 0 Å². The van der Waals surface area contributed by atoms with E-state index in [2.05, 4.69) is 29.2 Å². The van der Waals surface area contributed by atoms with Crippen molar-refractivity contribution in [3.05, 3.63) is 60.2 Å². The largest absolute Gasteiger partial charge is 0.490 e. The van der Waals surface area contributed by atoms with E-state index in [1.807, 2.05) is 30.3 Å². The number of carbonyl (C=O) groups is 1.